The van der Waals surface area contributed by atoms with Crippen LogP contribution in [0, 0.1) is 12.1 Å². The van der Waals surface area contributed by atoms with Crippen LogP contribution in [0.5, 0.6) is 0 Å². The molecule has 0 aliphatic heterocycles. The third kappa shape index (κ3) is 4.68. The van der Waals surface area contributed by atoms with E-state index in [1.54, 1.807) is 29.6 Å². The Morgan fingerprint density at radius 1 is 1.00 bits per heavy atom. The summed E-state index contributed by atoms with van der Waals surface area (Å²) in [6.45, 7) is 0. The van der Waals surface area contributed by atoms with Crippen molar-refractivity contribution in [2.75, 3.05) is 0 Å². The average Bonchev–Trinajstić information content (AvgIpc) is 3.25. The zero-order valence-corrected chi connectivity index (χ0v) is 16.3. The van der Waals surface area contributed by atoms with Gasteiger partial charge in [-0.15, -0.1) is 52.7 Å². The minimum absolute atomic E-state index is 0. The number of aryl methyl sites for hydroxylation is 2. The Balaban J connectivity index is 0.000000173. The Hall–Kier alpha value is -2.63. The molecule has 0 aliphatic carbocycles. The Morgan fingerprint density at radius 3 is 2.44 bits per heavy atom. The second-order valence-corrected chi connectivity index (χ2v) is 5.04. The molecule has 6 nitrogen and oxygen atoms in total. The monoisotopic (exact) mass is 510 g/mol. The SMILES string of the molecule is Cn1ccn[n+]1-c1[c-]cncc1.Cn1ccnc1-c1[c-]cccc1.[Ir]. The number of rotatable bonds is 2. The predicted octanol–water partition coefficient (Wildman–Crippen LogP) is 1.78. The summed E-state index contributed by atoms with van der Waals surface area (Å²) in [5.74, 6) is 0.954. The summed E-state index contributed by atoms with van der Waals surface area (Å²) < 4.78 is 3.84. The zero-order chi connectivity index (χ0) is 16.8. The number of aromatic nitrogens is 6. The van der Waals surface area contributed by atoms with E-state index in [4.69, 9.17) is 0 Å². The van der Waals surface area contributed by atoms with Crippen LogP contribution in [0.2, 0.25) is 0 Å². The quantitative estimate of drug-likeness (QED) is 0.306. The summed E-state index contributed by atoms with van der Waals surface area (Å²) >= 11 is 0. The van der Waals surface area contributed by atoms with Gasteiger partial charge in [0.2, 0.25) is 0 Å². The van der Waals surface area contributed by atoms with Gasteiger partial charge in [-0.25, -0.2) is 0 Å². The minimum Gasteiger partial charge on any atom is -0.373 e. The molecule has 3 heterocycles. The van der Waals surface area contributed by atoms with E-state index < -0.39 is 0 Å². The largest absolute Gasteiger partial charge is 0.373 e. The number of hydrogen-bond acceptors (Lipinski definition) is 3. The summed E-state index contributed by atoms with van der Waals surface area (Å²) in [4.78, 5) is 9.83. The van der Waals surface area contributed by atoms with Crippen LogP contribution in [-0.2, 0) is 34.2 Å². The van der Waals surface area contributed by atoms with E-state index in [-0.39, 0.29) is 20.1 Å². The van der Waals surface area contributed by atoms with Crippen molar-refractivity contribution in [2.45, 2.75) is 0 Å². The molecule has 0 aliphatic rings. The third-order valence-electron chi connectivity index (χ3n) is 3.35. The van der Waals surface area contributed by atoms with Crippen molar-refractivity contribution in [2.24, 2.45) is 14.1 Å². The van der Waals surface area contributed by atoms with Crippen molar-refractivity contribution < 1.29 is 24.9 Å². The van der Waals surface area contributed by atoms with Gasteiger partial charge in [-0.3, -0.25) is 4.98 Å². The molecule has 0 unspecified atom stereocenters. The van der Waals surface area contributed by atoms with E-state index in [9.17, 15) is 0 Å². The van der Waals surface area contributed by atoms with Crippen LogP contribution in [0.15, 0.2) is 67.5 Å². The fraction of sp³-hybridized carbons (Fsp3) is 0.111. The third-order valence-corrected chi connectivity index (χ3v) is 3.35. The van der Waals surface area contributed by atoms with E-state index in [2.05, 4.69) is 27.2 Å². The van der Waals surface area contributed by atoms with Gasteiger partial charge in [0.25, 0.3) is 0 Å². The molecule has 0 bridgehead atoms. The van der Waals surface area contributed by atoms with Crippen LogP contribution in [0.4, 0.5) is 0 Å². The first-order valence-corrected chi connectivity index (χ1v) is 7.42. The first kappa shape index (κ1) is 18.7. The number of hydrogen-bond donors (Lipinski definition) is 0. The van der Waals surface area contributed by atoms with Crippen LogP contribution in [-0.4, -0.2) is 24.3 Å². The number of imidazole rings is 1. The molecule has 0 N–H and O–H groups in total. The fourth-order valence-electron chi connectivity index (χ4n) is 2.16. The van der Waals surface area contributed by atoms with Gasteiger partial charge < -0.3 is 9.55 Å². The summed E-state index contributed by atoms with van der Waals surface area (Å²) in [5.41, 5.74) is 1.92. The molecule has 4 aromatic rings. The van der Waals surface area contributed by atoms with Gasteiger partial charge in [0.1, 0.15) is 11.9 Å². The minimum atomic E-state index is 0. The molecule has 1 aromatic carbocycles. The first-order chi connectivity index (χ1) is 11.8. The molecule has 0 fully saturated rings. The second kappa shape index (κ2) is 9.01. The topological polar surface area (TPSA) is 52.4 Å². The van der Waals surface area contributed by atoms with Gasteiger partial charge in [0.05, 0.1) is 19.1 Å². The van der Waals surface area contributed by atoms with Crippen LogP contribution < -0.4 is 4.80 Å². The fourth-order valence-corrected chi connectivity index (χ4v) is 2.16. The molecular weight excluding hydrogens is 492 g/mol. The molecule has 1 radical (unpaired) electrons. The Morgan fingerprint density at radius 2 is 1.88 bits per heavy atom. The number of benzene rings is 1. The van der Waals surface area contributed by atoms with E-state index in [1.807, 2.05) is 66.1 Å². The van der Waals surface area contributed by atoms with Gasteiger partial charge in [-0.1, -0.05) is 6.20 Å². The van der Waals surface area contributed by atoms with E-state index in [1.165, 1.54) is 0 Å². The summed E-state index contributed by atoms with van der Waals surface area (Å²) in [7, 11) is 3.89. The molecular formula is C18H17IrN6-. The zero-order valence-electron chi connectivity index (χ0n) is 13.9. The molecule has 129 valence electrons. The summed E-state index contributed by atoms with van der Waals surface area (Å²) in [6, 6.07) is 15.8. The second-order valence-electron chi connectivity index (χ2n) is 5.04. The summed E-state index contributed by atoms with van der Waals surface area (Å²) in [5, 5.41) is 4.11. The molecule has 0 atom stereocenters. The maximum atomic E-state index is 4.22. The first-order valence-electron chi connectivity index (χ1n) is 7.42. The Labute approximate surface area is 160 Å². The van der Waals surface area contributed by atoms with E-state index >= 15 is 0 Å². The van der Waals surface area contributed by atoms with Crippen molar-refractivity contribution in [3.05, 3.63) is 79.6 Å². The number of pyridine rings is 1. The average molecular weight is 510 g/mol. The molecule has 0 spiro atoms. The van der Waals surface area contributed by atoms with Crippen molar-refractivity contribution in [1.29, 1.82) is 0 Å². The maximum absolute atomic E-state index is 4.22. The van der Waals surface area contributed by atoms with E-state index in [0.29, 0.717) is 0 Å². The van der Waals surface area contributed by atoms with Gasteiger partial charge in [0, 0.05) is 49.4 Å². The normalized spacial score (nSPS) is 9.68. The molecule has 3 aromatic heterocycles. The van der Waals surface area contributed by atoms with Crippen molar-refractivity contribution in [3.63, 3.8) is 0 Å². The van der Waals surface area contributed by atoms with Crippen LogP contribution >= 0.6 is 0 Å². The maximum Gasteiger partial charge on any atom is 0.119 e. The van der Waals surface area contributed by atoms with Gasteiger partial charge >= 0.3 is 0 Å². The number of nitrogens with zero attached hydrogens (tertiary/aromatic N) is 6. The molecule has 0 saturated heterocycles. The summed E-state index contributed by atoms with van der Waals surface area (Å²) in [6.07, 6.45) is 10.7. The molecule has 0 saturated carbocycles. The van der Waals surface area contributed by atoms with Gasteiger partial charge in [0.15, 0.2) is 0 Å². The predicted molar refractivity (Wildman–Crippen MR) is 88.9 cm³/mol. The van der Waals surface area contributed by atoms with Crippen molar-refractivity contribution >= 4 is 0 Å². The van der Waals surface area contributed by atoms with Gasteiger partial charge in [-0.2, -0.15) is 0 Å². The Bertz CT molecular complexity index is 810. The van der Waals surface area contributed by atoms with Crippen molar-refractivity contribution in [3.8, 4) is 17.1 Å². The smallest absolute Gasteiger partial charge is 0.119 e. The standard InChI is InChI=1S/C10H9N2.C8H8N4.Ir/c1-12-8-7-11-10(12)9-5-3-2-4-6-9;1-11-7-6-10-12(11)8-2-4-9-5-3-8;/h2-5,7-8H,1H3;2,4-7H,1H3;/q-1;;. The van der Waals surface area contributed by atoms with Crippen LogP contribution in [0.3, 0.4) is 0 Å². The van der Waals surface area contributed by atoms with E-state index in [0.717, 1.165) is 17.1 Å². The molecule has 7 heteroatoms. The van der Waals surface area contributed by atoms with Crippen LogP contribution in [0.25, 0.3) is 17.1 Å². The van der Waals surface area contributed by atoms with Crippen LogP contribution in [0.1, 0.15) is 0 Å². The van der Waals surface area contributed by atoms with Gasteiger partial charge in [-0.05, 0) is 6.20 Å². The molecule has 25 heavy (non-hydrogen) atoms. The Kier molecular flexibility index (Phi) is 6.74. The van der Waals surface area contributed by atoms with Crippen molar-refractivity contribution in [1.82, 2.24) is 24.3 Å². The molecule has 4 rings (SSSR count). The molecule has 0 amide bonds.